The summed E-state index contributed by atoms with van der Waals surface area (Å²) in [5.41, 5.74) is 1.26. The third kappa shape index (κ3) is 3.41. The second-order valence-corrected chi connectivity index (χ2v) is 6.72. The first-order valence-corrected chi connectivity index (χ1v) is 8.25. The van der Waals surface area contributed by atoms with Crippen molar-refractivity contribution in [3.05, 3.63) is 35.6 Å². The van der Waals surface area contributed by atoms with Crippen molar-refractivity contribution in [3.8, 4) is 0 Å². The smallest absolute Gasteiger partial charge is 0.123 e. The van der Waals surface area contributed by atoms with Crippen LogP contribution in [0.3, 0.4) is 0 Å². The van der Waals surface area contributed by atoms with Gasteiger partial charge in [0.15, 0.2) is 0 Å². The molecule has 2 aliphatic rings. The van der Waals surface area contributed by atoms with E-state index in [4.69, 9.17) is 0 Å². The predicted molar refractivity (Wildman–Crippen MR) is 81.0 cm³/mol. The number of benzene rings is 1. The van der Waals surface area contributed by atoms with E-state index in [1.54, 1.807) is 12.1 Å². The van der Waals surface area contributed by atoms with E-state index in [-0.39, 0.29) is 5.82 Å². The molecule has 2 fully saturated rings. The normalized spacial score (nSPS) is 23.5. The summed E-state index contributed by atoms with van der Waals surface area (Å²) in [4.78, 5) is 0. The maximum atomic E-state index is 13.1. The Kier molecular flexibility index (Phi) is 4.40. The van der Waals surface area contributed by atoms with Crippen molar-refractivity contribution >= 4 is 0 Å². The van der Waals surface area contributed by atoms with E-state index >= 15 is 0 Å². The molecule has 1 aromatic carbocycles. The summed E-state index contributed by atoms with van der Waals surface area (Å²) in [6.07, 6.45) is 9.55. The van der Waals surface area contributed by atoms with Gasteiger partial charge in [0.05, 0.1) is 0 Å². The largest absolute Gasteiger partial charge is 0.307 e. The molecule has 1 unspecified atom stereocenters. The van der Waals surface area contributed by atoms with Crippen molar-refractivity contribution in [2.45, 2.75) is 64.0 Å². The molecule has 0 spiro atoms. The molecule has 20 heavy (non-hydrogen) atoms. The minimum Gasteiger partial charge on any atom is -0.307 e. The molecular formula is C18H26FN. The molecule has 1 N–H and O–H groups in total. The van der Waals surface area contributed by atoms with Crippen LogP contribution in [0.15, 0.2) is 24.3 Å². The van der Waals surface area contributed by atoms with Crippen LogP contribution in [-0.4, -0.2) is 6.04 Å². The fourth-order valence-electron chi connectivity index (χ4n) is 3.66. The Bertz CT molecular complexity index is 418. The first kappa shape index (κ1) is 14.1. The second kappa shape index (κ2) is 6.26. The molecule has 1 aromatic rings. The molecule has 0 heterocycles. The molecule has 2 aliphatic carbocycles. The Morgan fingerprint density at radius 3 is 2.20 bits per heavy atom. The van der Waals surface area contributed by atoms with Gasteiger partial charge in [-0.1, -0.05) is 31.4 Å². The topological polar surface area (TPSA) is 12.0 Å². The lowest BCUT2D eigenvalue weighted by molar-refractivity contribution is 0.257. The summed E-state index contributed by atoms with van der Waals surface area (Å²) < 4.78 is 13.1. The van der Waals surface area contributed by atoms with Crippen molar-refractivity contribution in [2.75, 3.05) is 0 Å². The quantitative estimate of drug-likeness (QED) is 0.811. The van der Waals surface area contributed by atoms with Crippen molar-refractivity contribution < 1.29 is 4.39 Å². The molecule has 2 saturated carbocycles. The van der Waals surface area contributed by atoms with E-state index in [9.17, 15) is 4.39 Å². The van der Waals surface area contributed by atoms with E-state index < -0.39 is 0 Å². The average Bonchev–Trinajstić information content (AvgIpc) is 3.31. The molecule has 0 radical (unpaired) electrons. The predicted octanol–water partition coefficient (Wildman–Crippen LogP) is 4.84. The van der Waals surface area contributed by atoms with Crippen LogP contribution in [0.25, 0.3) is 0 Å². The van der Waals surface area contributed by atoms with Crippen molar-refractivity contribution in [2.24, 2.45) is 11.8 Å². The Morgan fingerprint density at radius 1 is 0.950 bits per heavy atom. The van der Waals surface area contributed by atoms with Crippen molar-refractivity contribution in [1.82, 2.24) is 5.32 Å². The van der Waals surface area contributed by atoms with Gasteiger partial charge in [0.1, 0.15) is 5.82 Å². The van der Waals surface area contributed by atoms with E-state index in [2.05, 4.69) is 12.2 Å². The number of halogens is 1. The highest BCUT2D eigenvalue weighted by atomic mass is 19.1. The lowest BCUT2D eigenvalue weighted by Crippen LogP contribution is -2.38. The fraction of sp³-hybridized carbons (Fsp3) is 0.667. The molecular weight excluding hydrogens is 249 g/mol. The average molecular weight is 275 g/mol. The minimum atomic E-state index is -0.136. The van der Waals surface area contributed by atoms with Crippen LogP contribution < -0.4 is 5.32 Å². The van der Waals surface area contributed by atoms with Gasteiger partial charge in [-0.25, -0.2) is 4.39 Å². The molecule has 2 heteroatoms. The van der Waals surface area contributed by atoms with Gasteiger partial charge >= 0.3 is 0 Å². The minimum absolute atomic E-state index is 0.136. The zero-order valence-corrected chi connectivity index (χ0v) is 12.4. The summed E-state index contributed by atoms with van der Waals surface area (Å²) in [5.74, 6) is 1.44. The van der Waals surface area contributed by atoms with Crippen LogP contribution in [0.2, 0.25) is 0 Å². The maximum Gasteiger partial charge on any atom is 0.123 e. The number of rotatable bonds is 5. The van der Waals surface area contributed by atoms with Gasteiger partial charge in [-0.2, -0.15) is 0 Å². The van der Waals surface area contributed by atoms with E-state index in [0.29, 0.717) is 12.1 Å². The number of hydrogen-bond acceptors (Lipinski definition) is 1. The first-order chi connectivity index (χ1) is 9.74. The fourth-order valence-corrected chi connectivity index (χ4v) is 3.66. The third-order valence-electron chi connectivity index (χ3n) is 5.12. The van der Waals surface area contributed by atoms with Crippen LogP contribution in [-0.2, 0) is 0 Å². The van der Waals surface area contributed by atoms with Gasteiger partial charge in [0.2, 0.25) is 0 Å². The van der Waals surface area contributed by atoms with Gasteiger partial charge in [0, 0.05) is 12.1 Å². The molecule has 3 rings (SSSR count). The molecule has 2 atom stereocenters. The first-order valence-electron chi connectivity index (χ1n) is 8.25. The van der Waals surface area contributed by atoms with E-state index in [0.717, 1.165) is 11.8 Å². The Morgan fingerprint density at radius 2 is 1.60 bits per heavy atom. The lowest BCUT2D eigenvalue weighted by Gasteiger charge is -2.32. The van der Waals surface area contributed by atoms with Crippen LogP contribution in [0.4, 0.5) is 4.39 Å². The highest BCUT2D eigenvalue weighted by Gasteiger charge is 2.34. The molecule has 0 aromatic heterocycles. The zero-order chi connectivity index (χ0) is 13.9. The molecule has 0 bridgehead atoms. The SMILES string of the molecule is C[C@H](NC(c1ccc(F)cc1)C1CC1)C1CCCCC1. The van der Waals surface area contributed by atoms with E-state index in [1.165, 1.54) is 50.5 Å². The summed E-state index contributed by atoms with van der Waals surface area (Å²) in [5, 5.41) is 3.86. The summed E-state index contributed by atoms with van der Waals surface area (Å²) in [7, 11) is 0. The summed E-state index contributed by atoms with van der Waals surface area (Å²) in [6, 6.07) is 8.10. The highest BCUT2D eigenvalue weighted by molar-refractivity contribution is 5.22. The summed E-state index contributed by atoms with van der Waals surface area (Å²) >= 11 is 0. The Labute approximate surface area is 122 Å². The maximum absolute atomic E-state index is 13.1. The standard InChI is InChI=1S/C18H26FN/c1-13(14-5-3-2-4-6-14)20-18(15-7-8-15)16-9-11-17(19)12-10-16/h9-15,18,20H,2-8H2,1H3/t13-,18?/m0/s1. The van der Waals surface area contributed by atoms with E-state index in [1.807, 2.05) is 12.1 Å². The number of nitrogens with one attached hydrogen (secondary N) is 1. The zero-order valence-electron chi connectivity index (χ0n) is 12.4. The third-order valence-corrected chi connectivity index (χ3v) is 5.12. The highest BCUT2D eigenvalue weighted by Crippen LogP contribution is 2.42. The van der Waals surface area contributed by atoms with Crippen LogP contribution >= 0.6 is 0 Å². The molecule has 1 nitrogen and oxygen atoms in total. The van der Waals surface area contributed by atoms with Gasteiger partial charge in [-0.05, 0) is 62.1 Å². The molecule has 0 amide bonds. The van der Waals surface area contributed by atoms with Crippen LogP contribution in [0.1, 0.15) is 63.5 Å². The second-order valence-electron chi connectivity index (χ2n) is 6.72. The van der Waals surface area contributed by atoms with Gasteiger partial charge in [0.25, 0.3) is 0 Å². The van der Waals surface area contributed by atoms with Crippen molar-refractivity contribution in [3.63, 3.8) is 0 Å². The molecule has 0 saturated heterocycles. The Balaban J connectivity index is 1.66. The Hall–Kier alpha value is -0.890. The van der Waals surface area contributed by atoms with Gasteiger partial charge in [-0.3, -0.25) is 0 Å². The summed E-state index contributed by atoms with van der Waals surface area (Å²) in [6.45, 7) is 2.34. The van der Waals surface area contributed by atoms with Crippen molar-refractivity contribution in [1.29, 1.82) is 0 Å². The lowest BCUT2D eigenvalue weighted by atomic mass is 9.84. The van der Waals surface area contributed by atoms with Gasteiger partial charge in [-0.15, -0.1) is 0 Å². The number of hydrogen-bond donors (Lipinski definition) is 1. The van der Waals surface area contributed by atoms with Crippen LogP contribution in [0, 0.1) is 17.7 Å². The van der Waals surface area contributed by atoms with Gasteiger partial charge < -0.3 is 5.32 Å². The molecule has 0 aliphatic heterocycles. The molecule has 110 valence electrons. The monoisotopic (exact) mass is 275 g/mol. The van der Waals surface area contributed by atoms with Crippen LogP contribution in [0.5, 0.6) is 0 Å².